The number of hydrogen-bond donors (Lipinski definition) is 1. The van der Waals surface area contributed by atoms with Crippen molar-refractivity contribution in [2.45, 2.75) is 26.8 Å². The normalized spacial score (nSPS) is 10.2. The molecule has 0 aliphatic rings. The van der Waals surface area contributed by atoms with E-state index in [1.54, 1.807) is 20.8 Å². The molecular formula is C15H20N2O7. The molecule has 0 radical (unpaired) electrons. The first kappa shape index (κ1) is 19.2. The van der Waals surface area contributed by atoms with Crippen LogP contribution in [0.15, 0.2) is 12.1 Å². The summed E-state index contributed by atoms with van der Waals surface area (Å²) in [6, 6.07) is 2.13. The molecule has 0 aliphatic heterocycles. The maximum Gasteiger partial charge on any atom is 0.345 e. The molecule has 0 aromatic heterocycles. The number of amides is 1. The molecule has 0 saturated carbocycles. The monoisotopic (exact) mass is 340 g/mol. The van der Waals surface area contributed by atoms with Gasteiger partial charge in [0.1, 0.15) is 5.56 Å². The Hall–Kier alpha value is -2.84. The molecule has 0 atom stereocenters. The lowest BCUT2D eigenvalue weighted by Gasteiger charge is -2.12. The van der Waals surface area contributed by atoms with E-state index in [4.69, 9.17) is 14.2 Å². The van der Waals surface area contributed by atoms with Crippen molar-refractivity contribution in [2.24, 2.45) is 0 Å². The molecule has 24 heavy (non-hydrogen) atoms. The van der Waals surface area contributed by atoms with Gasteiger partial charge in [-0.3, -0.25) is 14.9 Å². The number of nitro groups is 1. The number of carbonyl (C=O) groups excluding carboxylic acids is 2. The fourth-order valence-electron chi connectivity index (χ4n) is 1.86. The van der Waals surface area contributed by atoms with Gasteiger partial charge in [0.25, 0.3) is 11.6 Å². The van der Waals surface area contributed by atoms with Crippen LogP contribution < -0.4 is 14.8 Å². The molecule has 9 nitrogen and oxygen atoms in total. The molecule has 1 aromatic rings. The molecule has 1 amide bonds. The molecule has 9 heteroatoms. The van der Waals surface area contributed by atoms with E-state index >= 15 is 0 Å². The van der Waals surface area contributed by atoms with Crippen molar-refractivity contribution in [3.63, 3.8) is 0 Å². The van der Waals surface area contributed by atoms with Crippen molar-refractivity contribution in [2.75, 3.05) is 20.3 Å². The first-order chi connectivity index (χ1) is 11.3. The molecule has 1 aromatic carbocycles. The minimum Gasteiger partial charge on any atom is -0.493 e. The van der Waals surface area contributed by atoms with Crippen LogP contribution in [0.2, 0.25) is 0 Å². The minimum absolute atomic E-state index is 0.115. The Morgan fingerprint density at radius 2 is 1.96 bits per heavy atom. The molecule has 0 spiro atoms. The predicted octanol–water partition coefficient (Wildman–Crippen LogP) is 1.68. The van der Waals surface area contributed by atoms with Gasteiger partial charge in [0.05, 0.1) is 24.7 Å². The van der Waals surface area contributed by atoms with Crippen molar-refractivity contribution in [3.8, 4) is 11.5 Å². The lowest BCUT2D eigenvalue weighted by atomic mass is 10.1. The van der Waals surface area contributed by atoms with E-state index in [9.17, 15) is 19.7 Å². The van der Waals surface area contributed by atoms with E-state index in [-0.39, 0.29) is 29.7 Å². The number of methoxy groups -OCH3 is 1. The van der Waals surface area contributed by atoms with Crippen LogP contribution in [0.1, 0.15) is 31.1 Å². The Morgan fingerprint density at radius 1 is 1.29 bits per heavy atom. The Bertz CT molecular complexity index is 628. The lowest BCUT2D eigenvalue weighted by Crippen LogP contribution is -2.34. The van der Waals surface area contributed by atoms with Crippen LogP contribution in [-0.2, 0) is 9.53 Å². The Labute approximate surface area is 139 Å². The molecule has 0 unspecified atom stereocenters. The molecule has 0 aliphatic carbocycles. The van der Waals surface area contributed by atoms with Gasteiger partial charge in [-0.1, -0.05) is 0 Å². The number of benzene rings is 1. The average molecular weight is 340 g/mol. The summed E-state index contributed by atoms with van der Waals surface area (Å²) in [6.07, 6.45) is 0. The summed E-state index contributed by atoms with van der Waals surface area (Å²) < 4.78 is 15.1. The van der Waals surface area contributed by atoms with Gasteiger partial charge in [-0.15, -0.1) is 0 Å². The van der Waals surface area contributed by atoms with Gasteiger partial charge in [-0.25, -0.2) is 4.79 Å². The third kappa shape index (κ3) is 5.11. The van der Waals surface area contributed by atoms with Crippen LogP contribution in [0, 0.1) is 10.1 Å². The summed E-state index contributed by atoms with van der Waals surface area (Å²) in [7, 11) is 1.34. The fraction of sp³-hybridized carbons (Fsp3) is 0.467. The topological polar surface area (TPSA) is 117 Å². The van der Waals surface area contributed by atoms with Crippen molar-refractivity contribution in [1.82, 2.24) is 5.32 Å². The molecule has 0 fully saturated rings. The van der Waals surface area contributed by atoms with Crippen molar-refractivity contribution < 1.29 is 28.7 Å². The minimum atomic E-state index is -0.998. The maximum absolute atomic E-state index is 12.1. The number of nitrogens with zero attached hydrogens (tertiary/aromatic N) is 1. The summed E-state index contributed by atoms with van der Waals surface area (Å²) in [6.45, 7) is 4.95. The van der Waals surface area contributed by atoms with Gasteiger partial charge >= 0.3 is 5.97 Å². The van der Waals surface area contributed by atoms with Gasteiger partial charge in [-0.05, 0) is 20.8 Å². The number of nitrogens with one attached hydrogen (secondary N) is 1. The summed E-state index contributed by atoms with van der Waals surface area (Å²) >= 11 is 0. The second-order valence-corrected chi connectivity index (χ2v) is 5.01. The van der Waals surface area contributed by atoms with Crippen molar-refractivity contribution >= 4 is 17.6 Å². The highest BCUT2D eigenvalue weighted by molar-refractivity contribution is 5.96. The standard InChI is InChI=1S/C15H20N2O7/c1-5-23-13-7-11(17(20)21)10(6-12(13)22-4)15(19)24-8-14(18)16-9(2)3/h6-7,9H,5,8H2,1-4H3,(H,16,18). The molecular weight excluding hydrogens is 320 g/mol. The average Bonchev–Trinajstić information content (AvgIpc) is 2.51. The van der Waals surface area contributed by atoms with E-state index in [0.29, 0.717) is 0 Å². The molecule has 0 heterocycles. The molecule has 1 N–H and O–H groups in total. The first-order valence-electron chi connectivity index (χ1n) is 7.25. The van der Waals surface area contributed by atoms with Gasteiger partial charge in [0.15, 0.2) is 18.1 Å². The highest BCUT2D eigenvalue weighted by Crippen LogP contribution is 2.35. The number of rotatable bonds is 8. The van der Waals surface area contributed by atoms with Crippen molar-refractivity contribution in [3.05, 3.63) is 27.8 Å². The fourth-order valence-corrected chi connectivity index (χ4v) is 1.86. The second kappa shape index (κ2) is 8.70. The van der Waals surface area contributed by atoms with Crippen LogP contribution in [0.4, 0.5) is 5.69 Å². The largest absolute Gasteiger partial charge is 0.493 e. The van der Waals surface area contributed by atoms with E-state index < -0.39 is 29.1 Å². The number of ether oxygens (including phenoxy) is 3. The van der Waals surface area contributed by atoms with Gasteiger partial charge in [0, 0.05) is 12.1 Å². The third-order valence-electron chi connectivity index (χ3n) is 2.78. The number of hydrogen-bond acceptors (Lipinski definition) is 7. The zero-order valence-corrected chi connectivity index (χ0v) is 14.0. The molecule has 132 valence electrons. The van der Waals surface area contributed by atoms with Crippen LogP contribution in [0.5, 0.6) is 11.5 Å². The van der Waals surface area contributed by atoms with E-state index in [0.717, 1.165) is 12.1 Å². The summed E-state index contributed by atoms with van der Waals surface area (Å²) in [4.78, 5) is 34.1. The Morgan fingerprint density at radius 3 is 2.46 bits per heavy atom. The van der Waals surface area contributed by atoms with Gasteiger partial charge in [0.2, 0.25) is 0 Å². The van der Waals surface area contributed by atoms with E-state index in [1.807, 2.05) is 0 Å². The molecule has 0 saturated heterocycles. The summed E-state index contributed by atoms with van der Waals surface area (Å²) in [5, 5.41) is 13.7. The number of carbonyl (C=O) groups is 2. The number of nitro benzene ring substituents is 1. The van der Waals surface area contributed by atoms with E-state index in [1.165, 1.54) is 7.11 Å². The number of esters is 1. The van der Waals surface area contributed by atoms with Crippen LogP contribution in [0.3, 0.4) is 0 Å². The van der Waals surface area contributed by atoms with E-state index in [2.05, 4.69) is 5.32 Å². The van der Waals surface area contributed by atoms with Gasteiger partial charge in [-0.2, -0.15) is 0 Å². The highest BCUT2D eigenvalue weighted by Gasteiger charge is 2.26. The smallest absolute Gasteiger partial charge is 0.345 e. The Kier molecular flexibility index (Phi) is 6.97. The van der Waals surface area contributed by atoms with Crippen LogP contribution in [0.25, 0.3) is 0 Å². The zero-order chi connectivity index (χ0) is 18.3. The SMILES string of the molecule is CCOc1cc([N+](=O)[O-])c(C(=O)OCC(=O)NC(C)C)cc1OC. The van der Waals surface area contributed by atoms with Crippen LogP contribution in [-0.4, -0.2) is 43.2 Å². The van der Waals surface area contributed by atoms with Gasteiger partial charge < -0.3 is 19.5 Å². The molecule has 1 rings (SSSR count). The molecule has 0 bridgehead atoms. The highest BCUT2D eigenvalue weighted by atomic mass is 16.6. The zero-order valence-electron chi connectivity index (χ0n) is 14.0. The lowest BCUT2D eigenvalue weighted by molar-refractivity contribution is -0.385. The van der Waals surface area contributed by atoms with Crippen molar-refractivity contribution in [1.29, 1.82) is 0 Å². The first-order valence-corrected chi connectivity index (χ1v) is 7.25. The second-order valence-electron chi connectivity index (χ2n) is 5.01. The summed E-state index contributed by atoms with van der Waals surface area (Å²) in [5.74, 6) is -1.21. The third-order valence-corrected chi connectivity index (χ3v) is 2.78. The predicted molar refractivity (Wildman–Crippen MR) is 84.4 cm³/mol. The van der Waals surface area contributed by atoms with Crippen LogP contribution >= 0.6 is 0 Å². The quantitative estimate of drug-likeness (QED) is 0.434. The summed E-state index contributed by atoms with van der Waals surface area (Å²) in [5.41, 5.74) is -0.814. The maximum atomic E-state index is 12.1. The Balaban J connectivity index is 3.05.